The molecule has 2 N–H and O–H groups in total. The van der Waals surface area contributed by atoms with Gasteiger partial charge in [0.05, 0.1) is 0 Å². The molecule has 16 heavy (non-hydrogen) atoms. The topological polar surface area (TPSA) is 39.3 Å². The van der Waals surface area contributed by atoms with Gasteiger partial charge in [0.15, 0.2) is 0 Å². The molecule has 0 saturated heterocycles. The Morgan fingerprint density at radius 2 is 2.19 bits per heavy atom. The van der Waals surface area contributed by atoms with Gasteiger partial charge in [0.2, 0.25) is 0 Å². The van der Waals surface area contributed by atoms with Crippen molar-refractivity contribution in [3.8, 4) is 0 Å². The van der Waals surface area contributed by atoms with Crippen molar-refractivity contribution in [2.75, 3.05) is 13.1 Å². The fraction of sp³-hybridized carbons (Fsp3) is 0.231. The Balaban J connectivity index is 2.07. The highest BCUT2D eigenvalue weighted by molar-refractivity contribution is 5.83. The van der Waals surface area contributed by atoms with Crippen LogP contribution in [0.4, 0.5) is 0 Å². The van der Waals surface area contributed by atoms with Crippen LogP contribution in [0.3, 0.4) is 0 Å². The molecule has 1 aromatic heterocycles. The minimum atomic E-state index is 0.502. The number of para-hydroxylation sites is 1. The van der Waals surface area contributed by atoms with Crippen LogP contribution in [0.15, 0.2) is 43.1 Å². The van der Waals surface area contributed by atoms with Gasteiger partial charge >= 0.3 is 0 Å². The number of fused-ring (bicyclic) bond motifs is 1. The normalized spacial score (nSPS) is 11.1. The zero-order valence-corrected chi connectivity index (χ0v) is 9.19. The highest BCUT2D eigenvalue weighted by atomic mass is 16.5. The van der Waals surface area contributed by atoms with Crippen molar-refractivity contribution in [3.05, 3.63) is 48.7 Å². The standard InChI is InChI=1S/C13H16N2O/c1-2-8-15(16)9-7-11-10-14-13-6-4-3-5-12(11)13/h2-6,10,14,16H,1,7-9H2. The maximum atomic E-state index is 9.47. The lowest BCUT2D eigenvalue weighted by Gasteiger charge is -2.11. The van der Waals surface area contributed by atoms with E-state index in [1.807, 2.05) is 18.3 Å². The van der Waals surface area contributed by atoms with Crippen molar-refractivity contribution in [1.82, 2.24) is 10.0 Å². The molecule has 0 unspecified atom stereocenters. The van der Waals surface area contributed by atoms with E-state index in [1.54, 1.807) is 6.08 Å². The van der Waals surface area contributed by atoms with Gasteiger partial charge in [-0.15, -0.1) is 6.58 Å². The summed E-state index contributed by atoms with van der Waals surface area (Å²) in [6.07, 6.45) is 4.52. The van der Waals surface area contributed by atoms with Crippen molar-refractivity contribution < 1.29 is 5.21 Å². The third kappa shape index (κ3) is 2.32. The van der Waals surface area contributed by atoms with Crippen molar-refractivity contribution in [3.63, 3.8) is 0 Å². The first kappa shape index (κ1) is 10.9. The van der Waals surface area contributed by atoms with Crippen LogP contribution in [-0.4, -0.2) is 28.3 Å². The molecule has 2 aromatic rings. The summed E-state index contributed by atoms with van der Waals surface area (Å²) in [6, 6.07) is 8.19. The van der Waals surface area contributed by atoms with E-state index >= 15 is 0 Å². The molecule has 0 atom stereocenters. The second kappa shape index (κ2) is 4.96. The molecule has 0 amide bonds. The first-order chi connectivity index (χ1) is 7.81. The van der Waals surface area contributed by atoms with Crippen LogP contribution in [0, 0.1) is 0 Å². The lowest BCUT2D eigenvalue weighted by atomic mass is 10.1. The number of aromatic nitrogens is 1. The van der Waals surface area contributed by atoms with Crippen molar-refractivity contribution in [2.24, 2.45) is 0 Å². The zero-order chi connectivity index (χ0) is 11.4. The van der Waals surface area contributed by atoms with Gasteiger partial charge in [-0.2, -0.15) is 5.06 Å². The monoisotopic (exact) mass is 216 g/mol. The van der Waals surface area contributed by atoms with Gasteiger partial charge < -0.3 is 10.2 Å². The average Bonchev–Trinajstić information content (AvgIpc) is 2.70. The molecule has 1 heterocycles. The first-order valence-electron chi connectivity index (χ1n) is 5.41. The van der Waals surface area contributed by atoms with Crippen LogP contribution in [0.25, 0.3) is 10.9 Å². The van der Waals surface area contributed by atoms with Gasteiger partial charge in [0, 0.05) is 30.2 Å². The highest BCUT2D eigenvalue weighted by Crippen LogP contribution is 2.17. The maximum absolute atomic E-state index is 9.47. The van der Waals surface area contributed by atoms with E-state index in [2.05, 4.69) is 23.7 Å². The summed E-state index contributed by atoms with van der Waals surface area (Å²) in [5.41, 5.74) is 2.38. The molecule has 2 rings (SSSR count). The van der Waals surface area contributed by atoms with E-state index in [4.69, 9.17) is 0 Å². The van der Waals surface area contributed by atoms with E-state index in [9.17, 15) is 5.21 Å². The van der Waals surface area contributed by atoms with Crippen molar-refractivity contribution in [2.45, 2.75) is 6.42 Å². The molecular weight excluding hydrogens is 200 g/mol. The summed E-state index contributed by atoms with van der Waals surface area (Å²) < 4.78 is 0. The molecule has 84 valence electrons. The number of hydrogen-bond donors (Lipinski definition) is 2. The summed E-state index contributed by atoms with van der Waals surface area (Å²) in [7, 11) is 0. The number of H-pyrrole nitrogens is 1. The second-order valence-electron chi connectivity index (χ2n) is 3.81. The van der Waals surface area contributed by atoms with Crippen LogP contribution < -0.4 is 0 Å². The third-order valence-corrected chi connectivity index (χ3v) is 2.65. The molecule has 3 nitrogen and oxygen atoms in total. The Morgan fingerprint density at radius 3 is 3.00 bits per heavy atom. The number of benzene rings is 1. The fourth-order valence-corrected chi connectivity index (χ4v) is 1.83. The first-order valence-corrected chi connectivity index (χ1v) is 5.41. The molecule has 1 aromatic carbocycles. The van der Waals surface area contributed by atoms with Crippen LogP contribution in [0.5, 0.6) is 0 Å². The van der Waals surface area contributed by atoms with E-state index in [-0.39, 0.29) is 0 Å². The number of hydroxylamine groups is 2. The Hall–Kier alpha value is -1.58. The predicted molar refractivity (Wildman–Crippen MR) is 65.6 cm³/mol. The van der Waals surface area contributed by atoms with Crippen molar-refractivity contribution in [1.29, 1.82) is 0 Å². The maximum Gasteiger partial charge on any atom is 0.0456 e. The van der Waals surface area contributed by atoms with Gasteiger partial charge in [-0.05, 0) is 18.1 Å². The number of aromatic amines is 1. The highest BCUT2D eigenvalue weighted by Gasteiger charge is 2.04. The van der Waals surface area contributed by atoms with Gasteiger partial charge in [-0.3, -0.25) is 0 Å². The van der Waals surface area contributed by atoms with Gasteiger partial charge in [0.1, 0.15) is 0 Å². The summed E-state index contributed by atoms with van der Waals surface area (Å²) in [6.45, 7) is 4.71. The number of nitrogens with zero attached hydrogens (tertiary/aromatic N) is 1. The minimum Gasteiger partial charge on any atom is -0.361 e. The molecule has 0 bridgehead atoms. The lowest BCUT2D eigenvalue weighted by molar-refractivity contribution is -0.0789. The van der Waals surface area contributed by atoms with E-state index in [1.165, 1.54) is 16.0 Å². The molecule has 0 fully saturated rings. The Kier molecular flexibility index (Phi) is 3.39. The molecule has 0 radical (unpaired) electrons. The predicted octanol–water partition coefficient (Wildman–Crippen LogP) is 2.59. The average molecular weight is 216 g/mol. The molecule has 0 aliphatic carbocycles. The van der Waals surface area contributed by atoms with E-state index in [0.29, 0.717) is 13.1 Å². The number of rotatable bonds is 5. The Morgan fingerprint density at radius 1 is 1.38 bits per heavy atom. The van der Waals surface area contributed by atoms with Gasteiger partial charge in [-0.1, -0.05) is 24.3 Å². The largest absolute Gasteiger partial charge is 0.361 e. The number of nitrogens with one attached hydrogen (secondary N) is 1. The lowest BCUT2D eigenvalue weighted by Crippen LogP contribution is -2.21. The van der Waals surface area contributed by atoms with Gasteiger partial charge in [0.25, 0.3) is 0 Å². The zero-order valence-electron chi connectivity index (χ0n) is 9.19. The SMILES string of the molecule is C=CCN(O)CCc1c[nH]c2ccccc12. The third-order valence-electron chi connectivity index (χ3n) is 2.65. The quantitative estimate of drug-likeness (QED) is 0.595. The second-order valence-corrected chi connectivity index (χ2v) is 3.81. The Bertz CT molecular complexity index is 475. The fourth-order valence-electron chi connectivity index (χ4n) is 1.83. The van der Waals surface area contributed by atoms with Crippen LogP contribution in [0.2, 0.25) is 0 Å². The molecule has 3 heteroatoms. The Labute approximate surface area is 95.0 Å². The van der Waals surface area contributed by atoms with E-state index in [0.717, 1.165) is 11.9 Å². The summed E-state index contributed by atoms with van der Waals surface area (Å²) in [5.74, 6) is 0. The van der Waals surface area contributed by atoms with E-state index < -0.39 is 0 Å². The van der Waals surface area contributed by atoms with Crippen molar-refractivity contribution >= 4 is 10.9 Å². The smallest absolute Gasteiger partial charge is 0.0456 e. The van der Waals surface area contributed by atoms with Gasteiger partial charge in [-0.25, -0.2) is 0 Å². The molecular formula is C13H16N2O. The summed E-state index contributed by atoms with van der Waals surface area (Å²) >= 11 is 0. The van der Waals surface area contributed by atoms with Crippen LogP contribution in [0.1, 0.15) is 5.56 Å². The summed E-state index contributed by atoms with van der Waals surface area (Å²) in [5, 5.41) is 12.0. The molecule has 0 spiro atoms. The molecule has 0 aliphatic heterocycles. The van der Waals surface area contributed by atoms with Crippen LogP contribution in [-0.2, 0) is 6.42 Å². The van der Waals surface area contributed by atoms with Crippen LogP contribution >= 0.6 is 0 Å². The number of hydrogen-bond acceptors (Lipinski definition) is 2. The molecule has 0 aliphatic rings. The minimum absolute atomic E-state index is 0.502. The molecule has 0 saturated carbocycles. The summed E-state index contributed by atoms with van der Waals surface area (Å²) in [4.78, 5) is 3.22.